The molecule has 37 heavy (non-hydrogen) atoms. The third-order valence-corrected chi connectivity index (χ3v) is 9.81. The molecule has 4 fully saturated rings. The second-order valence-electron chi connectivity index (χ2n) is 9.64. The molecule has 1 aromatic heterocycles. The lowest BCUT2D eigenvalue weighted by Gasteiger charge is -2.59. The largest absolute Gasteiger partial charge is 0.543 e. The normalized spacial score (nSPS) is 33.0. The summed E-state index contributed by atoms with van der Waals surface area (Å²) in [6.07, 6.45) is 1.70. The van der Waals surface area contributed by atoms with Crippen LogP contribution in [0, 0.1) is 5.41 Å². The summed E-state index contributed by atoms with van der Waals surface area (Å²) in [5.74, 6) is -3.14. The van der Waals surface area contributed by atoms with E-state index in [2.05, 4.69) is 19.8 Å². The summed E-state index contributed by atoms with van der Waals surface area (Å²) in [5.41, 5.74) is 10.9. The zero-order chi connectivity index (χ0) is 26.7. The monoisotopic (exact) mass is 550 g/mol. The Labute approximate surface area is 219 Å². The predicted octanol–water partition coefficient (Wildman–Crippen LogP) is -2.29. The summed E-state index contributed by atoms with van der Waals surface area (Å²) < 4.78 is 4.35. The van der Waals surface area contributed by atoms with Crippen molar-refractivity contribution in [1.82, 2.24) is 19.6 Å². The van der Waals surface area contributed by atoms with Crippen LogP contribution in [-0.4, -0.2) is 91.6 Å². The fourth-order valence-electron chi connectivity index (χ4n) is 5.92. The van der Waals surface area contributed by atoms with Crippen molar-refractivity contribution in [2.75, 3.05) is 32.5 Å². The van der Waals surface area contributed by atoms with Gasteiger partial charge in [0.2, 0.25) is 17.4 Å². The SMILES string of the molecule is CO/N=C(\C(=O)N[C@@H]1C(=O)N2C(C(=O)[O-])=C([N+]34CCC(C(N)=O)(CC3)CC4)C(C)S[C@H]12)c1nsc(N)n1. The van der Waals surface area contributed by atoms with Crippen LogP contribution in [0.2, 0.25) is 0 Å². The number of primary amides is 1. The Balaban J connectivity index is 1.41. The Morgan fingerprint density at radius 1 is 1.27 bits per heavy atom. The molecule has 6 heterocycles. The third kappa shape index (κ3) is 3.85. The van der Waals surface area contributed by atoms with E-state index < -0.39 is 34.6 Å². The lowest BCUT2D eigenvalue weighted by Crippen LogP contribution is -2.74. The molecular weight excluding hydrogens is 524 g/mol. The molecule has 3 amide bonds. The van der Waals surface area contributed by atoms with Crippen molar-refractivity contribution in [3.63, 3.8) is 0 Å². The number of aliphatic carboxylic acids is 1. The van der Waals surface area contributed by atoms with Gasteiger partial charge in [-0.2, -0.15) is 9.36 Å². The number of nitrogens with zero attached hydrogens (tertiary/aromatic N) is 5. The zero-order valence-electron chi connectivity index (χ0n) is 20.1. The summed E-state index contributed by atoms with van der Waals surface area (Å²) in [5, 5.41) is 17.9. The van der Waals surface area contributed by atoms with E-state index in [4.69, 9.17) is 16.3 Å². The van der Waals surface area contributed by atoms with Crippen LogP contribution in [-0.2, 0) is 24.0 Å². The second-order valence-corrected chi connectivity index (χ2v) is 11.9. The smallest absolute Gasteiger partial charge is 0.278 e. The molecule has 14 nitrogen and oxygen atoms in total. The maximum atomic E-state index is 13.2. The first kappa shape index (κ1) is 25.4. The number of nitrogens with two attached hydrogens (primary N) is 2. The number of thioether (sulfide) groups is 1. The Kier molecular flexibility index (Phi) is 6.15. The minimum atomic E-state index is -1.45. The highest BCUT2D eigenvalue weighted by Gasteiger charge is 2.61. The maximum Gasteiger partial charge on any atom is 0.278 e. The Morgan fingerprint density at radius 3 is 2.43 bits per heavy atom. The zero-order valence-corrected chi connectivity index (χ0v) is 21.8. The van der Waals surface area contributed by atoms with Crippen molar-refractivity contribution in [1.29, 1.82) is 0 Å². The van der Waals surface area contributed by atoms with Gasteiger partial charge < -0.3 is 31.5 Å². The Morgan fingerprint density at radius 2 is 1.92 bits per heavy atom. The first-order valence-corrected chi connectivity index (χ1v) is 13.4. The standard InChI is InChI=1S/C21H26N8O6S2/c1-9-13(29-6-3-21(4-7-29,5-8-29)19(22)34)12(18(32)33)28-16(31)11(17(28)36-9)24-15(30)10(26-35-2)14-25-20(23)37-27-14/h9,11,17H,3-8H2,1-2H3,(H5-,22,23,24,25,27,30,32,33,34)/b26-10-/t9?,11-,17-,21?,29?/m1/s1. The minimum Gasteiger partial charge on any atom is -0.543 e. The highest BCUT2D eigenvalue weighted by molar-refractivity contribution is 8.00. The van der Waals surface area contributed by atoms with Crippen molar-refractivity contribution in [2.24, 2.45) is 16.3 Å². The van der Waals surface area contributed by atoms with Crippen LogP contribution in [0.1, 0.15) is 32.0 Å². The number of carboxylic acids is 1. The lowest BCUT2D eigenvalue weighted by molar-refractivity contribution is -0.911. The van der Waals surface area contributed by atoms with Gasteiger partial charge in [0.15, 0.2) is 5.13 Å². The Hall–Kier alpha value is -3.24. The number of anilines is 1. The van der Waals surface area contributed by atoms with Gasteiger partial charge in [0.1, 0.15) is 29.9 Å². The summed E-state index contributed by atoms with van der Waals surface area (Å²) >= 11 is 2.26. The number of quaternary nitrogens is 1. The quantitative estimate of drug-likeness (QED) is 0.143. The third-order valence-electron chi connectivity index (χ3n) is 7.88. The van der Waals surface area contributed by atoms with Crippen LogP contribution in [0.5, 0.6) is 0 Å². The van der Waals surface area contributed by atoms with E-state index in [9.17, 15) is 24.3 Å². The van der Waals surface area contributed by atoms with Crippen molar-refractivity contribution in [2.45, 2.75) is 42.9 Å². The number of aromatic nitrogens is 2. The van der Waals surface area contributed by atoms with E-state index >= 15 is 0 Å². The number of nitrogens with one attached hydrogen (secondary N) is 1. The van der Waals surface area contributed by atoms with E-state index in [1.807, 2.05) is 6.92 Å². The van der Waals surface area contributed by atoms with Crippen LogP contribution >= 0.6 is 23.3 Å². The highest BCUT2D eigenvalue weighted by atomic mass is 32.2. The molecule has 0 spiro atoms. The number of hydrogen-bond acceptors (Lipinski definition) is 12. The van der Waals surface area contributed by atoms with E-state index in [1.54, 1.807) is 0 Å². The van der Waals surface area contributed by atoms with Gasteiger partial charge in [0, 0.05) is 30.8 Å². The molecule has 0 radical (unpaired) electrons. The van der Waals surface area contributed by atoms with Crippen molar-refractivity contribution in [3.05, 3.63) is 17.2 Å². The molecule has 1 unspecified atom stereocenters. The summed E-state index contributed by atoms with van der Waals surface area (Å²) in [7, 11) is 1.25. The number of piperidine rings is 3. The van der Waals surface area contributed by atoms with Gasteiger partial charge in [-0.15, -0.1) is 11.8 Å². The molecule has 5 N–H and O–H groups in total. The number of hydrogen-bond donors (Lipinski definition) is 3. The number of oxime groups is 1. The molecule has 198 valence electrons. The predicted molar refractivity (Wildman–Crippen MR) is 130 cm³/mol. The lowest BCUT2D eigenvalue weighted by atomic mass is 9.69. The van der Waals surface area contributed by atoms with E-state index in [0.29, 0.717) is 49.1 Å². The minimum absolute atomic E-state index is 0.0502. The molecular formula is C21H26N8O6S2. The highest BCUT2D eigenvalue weighted by Crippen LogP contribution is 2.52. The summed E-state index contributed by atoms with van der Waals surface area (Å²) in [6, 6.07) is -1.00. The van der Waals surface area contributed by atoms with Gasteiger partial charge in [0.25, 0.3) is 11.8 Å². The number of rotatable bonds is 7. The second kappa shape index (κ2) is 8.95. The number of nitrogen functional groups attached to an aromatic ring is 1. The number of amides is 3. The molecule has 4 saturated heterocycles. The van der Waals surface area contributed by atoms with Gasteiger partial charge in [-0.1, -0.05) is 5.16 Å². The Bertz CT molecular complexity index is 1240. The summed E-state index contributed by atoms with van der Waals surface area (Å²) in [4.78, 5) is 60.6. The van der Waals surface area contributed by atoms with Crippen LogP contribution in [0.15, 0.2) is 16.5 Å². The van der Waals surface area contributed by atoms with Crippen molar-refractivity contribution in [3.8, 4) is 0 Å². The number of carbonyl (C=O) groups excluding carboxylic acids is 4. The molecule has 6 rings (SSSR count). The molecule has 0 aliphatic carbocycles. The van der Waals surface area contributed by atoms with Gasteiger partial charge in [-0.25, -0.2) is 0 Å². The van der Waals surface area contributed by atoms with Gasteiger partial charge >= 0.3 is 0 Å². The number of β-lactam (4-membered cyclic amide) rings is 1. The van der Waals surface area contributed by atoms with Crippen molar-refractivity contribution >= 4 is 57.8 Å². The number of fused-ring (bicyclic) bond motifs is 4. The van der Waals surface area contributed by atoms with Gasteiger partial charge in [-0.05, 0) is 6.92 Å². The first-order valence-electron chi connectivity index (χ1n) is 11.7. The molecule has 5 aliphatic heterocycles. The average molecular weight is 551 g/mol. The number of carboxylic acid groups (broad SMARTS) is 1. The van der Waals surface area contributed by atoms with Crippen LogP contribution in [0.25, 0.3) is 0 Å². The molecule has 0 aromatic carbocycles. The van der Waals surface area contributed by atoms with E-state index in [-0.39, 0.29) is 33.5 Å². The van der Waals surface area contributed by atoms with Gasteiger partial charge in [-0.3, -0.25) is 23.8 Å². The molecule has 3 atom stereocenters. The molecule has 0 saturated carbocycles. The van der Waals surface area contributed by atoms with E-state index in [0.717, 1.165) is 11.5 Å². The fourth-order valence-corrected chi connectivity index (χ4v) is 7.91. The maximum absolute atomic E-state index is 13.2. The fraction of sp³-hybridized carbons (Fsp3) is 0.571. The summed E-state index contributed by atoms with van der Waals surface area (Å²) in [6.45, 7) is 3.58. The molecule has 1 aromatic rings. The van der Waals surface area contributed by atoms with Crippen LogP contribution < -0.4 is 21.9 Å². The van der Waals surface area contributed by atoms with E-state index in [1.165, 1.54) is 23.8 Å². The van der Waals surface area contributed by atoms with Crippen LogP contribution in [0.4, 0.5) is 5.13 Å². The topological polar surface area (TPSA) is 206 Å². The van der Waals surface area contributed by atoms with Crippen molar-refractivity contribution < 1.29 is 33.6 Å². The molecule has 5 aliphatic rings. The molecule has 2 bridgehead atoms. The molecule has 16 heteroatoms. The first-order chi connectivity index (χ1) is 17.5. The average Bonchev–Trinajstić information content (AvgIpc) is 3.31. The van der Waals surface area contributed by atoms with Crippen LogP contribution in [0.3, 0.4) is 0 Å². The van der Waals surface area contributed by atoms with Gasteiger partial charge in [0.05, 0.1) is 36.3 Å². The number of carbonyl (C=O) groups is 4.